The van der Waals surface area contributed by atoms with Crippen LogP contribution in [0.25, 0.3) is 0 Å². The van der Waals surface area contributed by atoms with Crippen LogP contribution in [0.15, 0.2) is 12.4 Å². The first-order valence-electron chi connectivity index (χ1n) is 7.35. The number of methoxy groups -OCH3 is 1. The first kappa shape index (κ1) is 16.6. The van der Waals surface area contributed by atoms with Gasteiger partial charge in [0.1, 0.15) is 12.0 Å². The number of nitrogens with zero attached hydrogens (tertiary/aromatic N) is 6. The molecule has 0 bridgehead atoms. The fraction of sp³-hybridized carbons (Fsp3) is 0.571. The summed E-state index contributed by atoms with van der Waals surface area (Å²) in [5, 5.41) is 7.92. The normalized spacial score (nSPS) is 21.5. The van der Waals surface area contributed by atoms with E-state index in [9.17, 15) is 13.2 Å². The van der Waals surface area contributed by atoms with Crippen molar-refractivity contribution in [1.82, 2.24) is 24.7 Å². The molecule has 2 aromatic heterocycles. The van der Waals surface area contributed by atoms with Gasteiger partial charge >= 0.3 is 6.18 Å². The molecule has 0 saturated carbocycles. The number of aromatic nitrogens is 5. The highest BCUT2D eigenvalue weighted by molar-refractivity contribution is 5.38. The van der Waals surface area contributed by atoms with Gasteiger partial charge in [-0.1, -0.05) is 0 Å². The molecule has 130 valence electrons. The van der Waals surface area contributed by atoms with Gasteiger partial charge in [-0.25, -0.2) is 9.97 Å². The van der Waals surface area contributed by atoms with Crippen molar-refractivity contribution in [1.29, 1.82) is 0 Å². The molecule has 2 atom stereocenters. The first-order chi connectivity index (χ1) is 11.3. The molecule has 10 heteroatoms. The molecule has 0 amide bonds. The Balaban J connectivity index is 2.02. The largest absolute Gasteiger partial charge is 0.433 e. The van der Waals surface area contributed by atoms with E-state index in [4.69, 9.17) is 4.74 Å². The molecule has 0 spiro atoms. The van der Waals surface area contributed by atoms with Crippen LogP contribution >= 0.6 is 0 Å². The third-order valence-corrected chi connectivity index (χ3v) is 4.03. The van der Waals surface area contributed by atoms with Crippen LogP contribution in [0.4, 0.5) is 19.1 Å². The van der Waals surface area contributed by atoms with E-state index in [0.29, 0.717) is 18.8 Å². The van der Waals surface area contributed by atoms with E-state index in [-0.39, 0.29) is 23.8 Å². The number of ether oxygens (including phenoxy) is 1. The van der Waals surface area contributed by atoms with E-state index < -0.39 is 11.9 Å². The Labute approximate surface area is 136 Å². The Hall–Kier alpha value is -2.23. The summed E-state index contributed by atoms with van der Waals surface area (Å²) in [6.45, 7) is 1.90. The van der Waals surface area contributed by atoms with E-state index in [1.165, 1.54) is 6.92 Å². The van der Waals surface area contributed by atoms with Crippen LogP contribution in [-0.4, -0.2) is 44.5 Å². The lowest BCUT2D eigenvalue weighted by molar-refractivity contribution is -0.141. The lowest BCUT2D eigenvalue weighted by atomic mass is 10.2. The summed E-state index contributed by atoms with van der Waals surface area (Å²) in [6, 6.07) is 0.635. The summed E-state index contributed by atoms with van der Waals surface area (Å²) in [5.74, 6) is 0.656. The van der Waals surface area contributed by atoms with Gasteiger partial charge in [-0.3, -0.25) is 0 Å². The van der Waals surface area contributed by atoms with Gasteiger partial charge in [-0.05, 0) is 13.0 Å². The lowest BCUT2D eigenvalue weighted by Gasteiger charge is -2.24. The quantitative estimate of drug-likeness (QED) is 0.849. The molecule has 7 nitrogen and oxygen atoms in total. The maximum atomic E-state index is 13.1. The molecule has 1 aliphatic heterocycles. The second kappa shape index (κ2) is 6.00. The smallest absolute Gasteiger partial charge is 0.380 e. The van der Waals surface area contributed by atoms with Crippen molar-refractivity contribution in [3.8, 4) is 0 Å². The van der Waals surface area contributed by atoms with E-state index >= 15 is 0 Å². The molecule has 0 aliphatic carbocycles. The topological polar surface area (TPSA) is 69.0 Å². The van der Waals surface area contributed by atoms with Crippen molar-refractivity contribution in [2.75, 3.05) is 18.6 Å². The zero-order chi connectivity index (χ0) is 17.5. The lowest BCUT2D eigenvalue weighted by Crippen LogP contribution is -2.29. The van der Waals surface area contributed by atoms with E-state index in [1.54, 1.807) is 30.0 Å². The molecule has 0 radical (unpaired) electrons. The Kier molecular flexibility index (Phi) is 4.16. The highest BCUT2D eigenvalue weighted by Gasteiger charge is 2.39. The van der Waals surface area contributed by atoms with E-state index in [1.807, 2.05) is 0 Å². The molecule has 0 unspecified atom stereocenters. The van der Waals surface area contributed by atoms with Crippen molar-refractivity contribution in [2.24, 2.45) is 7.05 Å². The number of hydrogen-bond donors (Lipinski definition) is 0. The standard InChI is InChI=1S/C14H17F3N6O/c1-8-4-11(14(15,16)17)20-13(19-8)23-6-9(24-3)5-10(23)12-21-18-7-22(12)2/h4,7,9-10H,5-6H2,1-3H3/t9-,10+/m1/s1. The highest BCUT2D eigenvalue weighted by atomic mass is 19.4. The molecule has 0 aromatic carbocycles. The number of anilines is 1. The molecule has 3 rings (SSSR count). The van der Waals surface area contributed by atoms with Gasteiger partial charge in [0.05, 0.1) is 12.1 Å². The van der Waals surface area contributed by atoms with Gasteiger partial charge in [0.25, 0.3) is 0 Å². The van der Waals surface area contributed by atoms with Crippen LogP contribution in [-0.2, 0) is 18.0 Å². The molecule has 3 heterocycles. The van der Waals surface area contributed by atoms with Crippen molar-refractivity contribution >= 4 is 5.95 Å². The fourth-order valence-corrected chi connectivity index (χ4v) is 2.85. The minimum atomic E-state index is -4.52. The molecule has 1 aliphatic rings. The molecular formula is C14H17F3N6O. The second-order valence-electron chi connectivity index (χ2n) is 5.75. The highest BCUT2D eigenvalue weighted by Crippen LogP contribution is 2.36. The van der Waals surface area contributed by atoms with Crippen molar-refractivity contribution in [3.63, 3.8) is 0 Å². The monoisotopic (exact) mass is 342 g/mol. The van der Waals surface area contributed by atoms with Gasteiger partial charge in [0.2, 0.25) is 5.95 Å². The summed E-state index contributed by atoms with van der Waals surface area (Å²) < 4.78 is 46.3. The Bertz CT molecular complexity index is 732. The van der Waals surface area contributed by atoms with Gasteiger partial charge in [0.15, 0.2) is 5.82 Å². The fourth-order valence-electron chi connectivity index (χ4n) is 2.85. The van der Waals surface area contributed by atoms with Crippen LogP contribution < -0.4 is 4.90 Å². The second-order valence-corrected chi connectivity index (χ2v) is 5.75. The van der Waals surface area contributed by atoms with Crippen molar-refractivity contribution in [3.05, 3.63) is 29.6 Å². The van der Waals surface area contributed by atoms with Crippen LogP contribution in [0.1, 0.15) is 29.7 Å². The molecule has 1 fully saturated rings. The predicted molar refractivity (Wildman–Crippen MR) is 78.3 cm³/mol. The number of alkyl halides is 3. The van der Waals surface area contributed by atoms with Crippen LogP contribution in [0.3, 0.4) is 0 Å². The van der Waals surface area contributed by atoms with Gasteiger partial charge in [-0.15, -0.1) is 10.2 Å². The first-order valence-corrected chi connectivity index (χ1v) is 7.35. The number of rotatable bonds is 3. The van der Waals surface area contributed by atoms with Crippen molar-refractivity contribution in [2.45, 2.75) is 31.7 Å². The van der Waals surface area contributed by atoms with Crippen molar-refractivity contribution < 1.29 is 17.9 Å². The van der Waals surface area contributed by atoms with Crippen LogP contribution in [0.2, 0.25) is 0 Å². The Morgan fingerprint density at radius 3 is 2.62 bits per heavy atom. The van der Waals surface area contributed by atoms with Gasteiger partial charge in [0, 0.05) is 32.8 Å². The number of aryl methyl sites for hydroxylation is 2. The summed E-state index contributed by atoms with van der Waals surface area (Å²) in [6.07, 6.45) is -2.55. The molecule has 0 N–H and O–H groups in total. The van der Waals surface area contributed by atoms with Crippen LogP contribution in [0.5, 0.6) is 0 Å². The number of halogens is 3. The minimum absolute atomic E-state index is 0.0230. The average molecular weight is 342 g/mol. The molecular weight excluding hydrogens is 325 g/mol. The maximum absolute atomic E-state index is 13.1. The summed E-state index contributed by atoms with van der Waals surface area (Å²) in [4.78, 5) is 9.61. The Morgan fingerprint density at radius 2 is 2.04 bits per heavy atom. The third kappa shape index (κ3) is 3.05. The molecule has 24 heavy (non-hydrogen) atoms. The summed E-state index contributed by atoms with van der Waals surface area (Å²) in [5.41, 5.74) is -0.701. The predicted octanol–water partition coefficient (Wildman–Crippen LogP) is 1.90. The average Bonchev–Trinajstić information content (AvgIpc) is 3.11. The zero-order valence-corrected chi connectivity index (χ0v) is 13.4. The molecule has 1 saturated heterocycles. The Morgan fingerprint density at radius 1 is 1.29 bits per heavy atom. The van der Waals surface area contributed by atoms with Gasteiger partial charge in [-0.2, -0.15) is 13.2 Å². The van der Waals surface area contributed by atoms with Gasteiger partial charge < -0.3 is 14.2 Å². The maximum Gasteiger partial charge on any atom is 0.433 e. The van der Waals surface area contributed by atoms with Crippen LogP contribution in [0, 0.1) is 6.92 Å². The SMILES string of the molecule is CO[C@@H]1C[C@@H](c2nncn2C)N(c2nc(C)cc(C(F)(F)F)n2)C1. The third-order valence-electron chi connectivity index (χ3n) is 4.03. The van der Waals surface area contributed by atoms with E-state index in [0.717, 1.165) is 6.07 Å². The number of hydrogen-bond acceptors (Lipinski definition) is 6. The zero-order valence-electron chi connectivity index (χ0n) is 13.4. The molecule has 2 aromatic rings. The minimum Gasteiger partial charge on any atom is -0.380 e. The van der Waals surface area contributed by atoms with E-state index in [2.05, 4.69) is 20.2 Å². The summed E-state index contributed by atoms with van der Waals surface area (Å²) >= 11 is 0. The summed E-state index contributed by atoms with van der Waals surface area (Å²) in [7, 11) is 3.35.